The summed E-state index contributed by atoms with van der Waals surface area (Å²) in [5.74, 6) is 0.427. The van der Waals surface area contributed by atoms with E-state index in [1.165, 1.54) is 12.1 Å². The molecule has 134 valence electrons. The van der Waals surface area contributed by atoms with Gasteiger partial charge in [-0.15, -0.1) is 0 Å². The molecule has 0 bridgehead atoms. The average Bonchev–Trinajstić information content (AvgIpc) is 2.65. The second kappa shape index (κ2) is 9.30. The zero-order valence-electron chi connectivity index (χ0n) is 14.0. The predicted octanol–water partition coefficient (Wildman–Crippen LogP) is 2.77. The van der Waals surface area contributed by atoms with E-state index in [1.54, 1.807) is 37.4 Å². The van der Waals surface area contributed by atoms with Crippen LogP contribution < -0.4 is 20.7 Å². The van der Waals surface area contributed by atoms with Gasteiger partial charge >= 0.3 is 6.03 Å². The Hall–Kier alpha value is -3.24. The average molecular weight is 373 g/mol. The third-order valence-corrected chi connectivity index (χ3v) is 3.71. The van der Waals surface area contributed by atoms with Crippen LogP contribution >= 0.6 is 11.6 Å². The maximum atomic E-state index is 12.0. The van der Waals surface area contributed by atoms with E-state index in [1.807, 2.05) is 6.07 Å². The number of carbonyl (C=O) groups excluding carboxylic acids is 2. The number of nitrogens with one attached hydrogen (secondary N) is 3. The first-order valence-electron chi connectivity index (χ1n) is 7.70. The number of ether oxygens (including phenoxy) is 1. The number of nitrogens with zero attached hydrogens (tertiary/aromatic N) is 1. The Morgan fingerprint density at radius 1 is 1.12 bits per heavy atom. The van der Waals surface area contributed by atoms with Gasteiger partial charge in [-0.25, -0.2) is 4.79 Å². The molecule has 2 rings (SSSR count). The van der Waals surface area contributed by atoms with E-state index in [4.69, 9.17) is 21.6 Å². The fourth-order valence-corrected chi connectivity index (χ4v) is 2.28. The molecule has 8 heteroatoms. The number of carbonyl (C=O) groups is 2. The standard InChI is InChI=1S/C18H17ClN4O3/c1-26-15-6-3-12(4-7-15)17(24)21-8-9-22-18(25)23-14-5-2-13(11-20)16(19)10-14/h2-7,10H,8-9H2,1H3,(H,21,24)(H2,22,23,25). The van der Waals surface area contributed by atoms with Gasteiger partial charge in [-0.1, -0.05) is 11.6 Å². The summed E-state index contributed by atoms with van der Waals surface area (Å²) in [6.45, 7) is 0.518. The fourth-order valence-electron chi connectivity index (χ4n) is 2.06. The van der Waals surface area contributed by atoms with Crippen LogP contribution in [0.5, 0.6) is 5.75 Å². The smallest absolute Gasteiger partial charge is 0.319 e. The summed E-state index contributed by atoms with van der Waals surface area (Å²) in [5.41, 5.74) is 1.30. The Kier molecular flexibility index (Phi) is 6.83. The van der Waals surface area contributed by atoms with Crippen LogP contribution in [0.25, 0.3) is 0 Å². The lowest BCUT2D eigenvalue weighted by atomic mass is 10.2. The minimum absolute atomic E-state index is 0.242. The summed E-state index contributed by atoms with van der Waals surface area (Å²) in [4.78, 5) is 23.8. The maximum absolute atomic E-state index is 12.0. The van der Waals surface area contributed by atoms with E-state index in [0.29, 0.717) is 22.6 Å². The number of anilines is 1. The van der Waals surface area contributed by atoms with Crippen LogP contribution in [0.3, 0.4) is 0 Å². The van der Waals surface area contributed by atoms with Gasteiger partial charge in [0, 0.05) is 24.3 Å². The second-order valence-corrected chi connectivity index (χ2v) is 5.58. The fraction of sp³-hybridized carbons (Fsp3) is 0.167. The van der Waals surface area contributed by atoms with Crippen molar-refractivity contribution in [3.05, 3.63) is 58.6 Å². The van der Waals surface area contributed by atoms with Crippen molar-refractivity contribution in [1.29, 1.82) is 5.26 Å². The van der Waals surface area contributed by atoms with E-state index < -0.39 is 6.03 Å². The number of urea groups is 1. The van der Waals surface area contributed by atoms with E-state index in [2.05, 4.69) is 16.0 Å². The number of nitriles is 1. The molecule has 2 aromatic carbocycles. The first kappa shape index (κ1) is 19.1. The third kappa shape index (κ3) is 5.40. The quantitative estimate of drug-likeness (QED) is 0.678. The van der Waals surface area contributed by atoms with E-state index in [-0.39, 0.29) is 24.0 Å². The molecule has 0 aliphatic carbocycles. The molecule has 0 radical (unpaired) electrons. The van der Waals surface area contributed by atoms with Crippen LogP contribution in [0.15, 0.2) is 42.5 Å². The molecular weight excluding hydrogens is 356 g/mol. The van der Waals surface area contributed by atoms with Crippen molar-refractivity contribution in [3.8, 4) is 11.8 Å². The molecule has 7 nitrogen and oxygen atoms in total. The Bertz CT molecular complexity index is 831. The van der Waals surface area contributed by atoms with Crippen LogP contribution in [0.1, 0.15) is 15.9 Å². The minimum atomic E-state index is -0.440. The third-order valence-electron chi connectivity index (χ3n) is 3.40. The highest BCUT2D eigenvalue weighted by atomic mass is 35.5. The van der Waals surface area contributed by atoms with Crippen LogP contribution in [-0.4, -0.2) is 32.1 Å². The van der Waals surface area contributed by atoms with Crippen LogP contribution in [0, 0.1) is 11.3 Å². The Labute approximate surface area is 155 Å². The highest BCUT2D eigenvalue weighted by Crippen LogP contribution is 2.20. The van der Waals surface area contributed by atoms with Gasteiger partial charge in [0.25, 0.3) is 5.91 Å². The molecule has 0 aromatic heterocycles. The van der Waals surface area contributed by atoms with Gasteiger partial charge in [-0.05, 0) is 42.5 Å². The number of amides is 3. The maximum Gasteiger partial charge on any atom is 0.319 e. The molecule has 0 heterocycles. The summed E-state index contributed by atoms with van der Waals surface area (Å²) in [5, 5.41) is 17.0. The van der Waals surface area contributed by atoms with Gasteiger partial charge in [0.1, 0.15) is 11.8 Å². The molecule has 0 spiro atoms. The number of halogens is 1. The van der Waals surface area contributed by atoms with Gasteiger partial charge < -0.3 is 20.7 Å². The SMILES string of the molecule is COc1ccc(C(=O)NCCNC(=O)Nc2ccc(C#N)c(Cl)c2)cc1. The molecule has 3 N–H and O–H groups in total. The topological polar surface area (TPSA) is 103 Å². The number of benzene rings is 2. The first-order chi connectivity index (χ1) is 12.5. The second-order valence-electron chi connectivity index (χ2n) is 5.17. The normalized spacial score (nSPS) is 9.73. The lowest BCUT2D eigenvalue weighted by Gasteiger charge is -2.09. The molecule has 0 saturated heterocycles. The number of rotatable bonds is 6. The summed E-state index contributed by atoms with van der Waals surface area (Å²) < 4.78 is 5.03. The van der Waals surface area contributed by atoms with Gasteiger partial charge in [-0.2, -0.15) is 5.26 Å². The largest absolute Gasteiger partial charge is 0.497 e. The van der Waals surface area contributed by atoms with Crippen molar-refractivity contribution in [2.75, 3.05) is 25.5 Å². The van der Waals surface area contributed by atoms with E-state index >= 15 is 0 Å². The van der Waals surface area contributed by atoms with Gasteiger partial charge in [-0.3, -0.25) is 4.79 Å². The Balaban J connectivity index is 1.73. The predicted molar refractivity (Wildman–Crippen MR) is 98.5 cm³/mol. The molecule has 0 fully saturated rings. The lowest BCUT2D eigenvalue weighted by molar-refractivity contribution is 0.0954. The van der Waals surface area contributed by atoms with Gasteiger partial charge in [0.15, 0.2) is 0 Å². The van der Waals surface area contributed by atoms with E-state index in [9.17, 15) is 9.59 Å². The molecular formula is C18H17ClN4O3. The number of hydrogen-bond acceptors (Lipinski definition) is 4. The van der Waals surface area contributed by atoms with Gasteiger partial charge in [0.05, 0.1) is 17.7 Å². The van der Waals surface area contributed by atoms with Crippen LogP contribution in [-0.2, 0) is 0 Å². The number of methoxy groups -OCH3 is 1. The first-order valence-corrected chi connectivity index (χ1v) is 8.08. The van der Waals surface area contributed by atoms with Gasteiger partial charge in [0.2, 0.25) is 0 Å². The van der Waals surface area contributed by atoms with Crippen molar-refractivity contribution in [2.45, 2.75) is 0 Å². The molecule has 3 amide bonds. The molecule has 2 aromatic rings. The molecule has 0 saturated carbocycles. The lowest BCUT2D eigenvalue weighted by Crippen LogP contribution is -2.36. The monoisotopic (exact) mass is 372 g/mol. The number of hydrogen-bond donors (Lipinski definition) is 3. The summed E-state index contributed by atoms with van der Waals surface area (Å²) in [6, 6.07) is 12.8. The van der Waals surface area contributed by atoms with Crippen molar-refractivity contribution in [2.24, 2.45) is 0 Å². The zero-order valence-corrected chi connectivity index (χ0v) is 14.8. The molecule has 26 heavy (non-hydrogen) atoms. The molecule has 0 aliphatic heterocycles. The Morgan fingerprint density at radius 2 is 1.81 bits per heavy atom. The summed E-state index contributed by atoms with van der Waals surface area (Å²) in [6.07, 6.45) is 0. The highest BCUT2D eigenvalue weighted by Gasteiger charge is 2.07. The summed E-state index contributed by atoms with van der Waals surface area (Å²) in [7, 11) is 1.55. The van der Waals surface area contributed by atoms with Crippen molar-refractivity contribution < 1.29 is 14.3 Å². The van der Waals surface area contributed by atoms with Crippen molar-refractivity contribution in [1.82, 2.24) is 10.6 Å². The molecule has 0 unspecified atom stereocenters. The Morgan fingerprint density at radius 3 is 2.42 bits per heavy atom. The van der Waals surface area contributed by atoms with E-state index in [0.717, 1.165) is 0 Å². The van der Waals surface area contributed by atoms with Crippen LogP contribution in [0.2, 0.25) is 5.02 Å². The molecule has 0 aliphatic rings. The molecule has 0 atom stereocenters. The summed E-state index contributed by atoms with van der Waals surface area (Å²) >= 11 is 5.90. The van der Waals surface area contributed by atoms with Crippen molar-refractivity contribution in [3.63, 3.8) is 0 Å². The van der Waals surface area contributed by atoms with Crippen LogP contribution in [0.4, 0.5) is 10.5 Å². The van der Waals surface area contributed by atoms with Crippen molar-refractivity contribution >= 4 is 29.2 Å². The highest BCUT2D eigenvalue weighted by molar-refractivity contribution is 6.32. The minimum Gasteiger partial charge on any atom is -0.497 e. The zero-order chi connectivity index (χ0) is 18.9.